The van der Waals surface area contributed by atoms with E-state index in [-0.39, 0.29) is 12.6 Å². The number of nitrogens with one attached hydrogen (secondary N) is 1. The molecule has 0 radical (unpaired) electrons. The van der Waals surface area contributed by atoms with Crippen molar-refractivity contribution in [3.8, 4) is 0 Å². The Morgan fingerprint density at radius 3 is 2.88 bits per heavy atom. The molecule has 2 aromatic rings. The summed E-state index contributed by atoms with van der Waals surface area (Å²) in [6, 6.07) is 6.02. The first-order valence-corrected chi connectivity index (χ1v) is 5.84. The quantitative estimate of drug-likeness (QED) is 0.846. The summed E-state index contributed by atoms with van der Waals surface area (Å²) in [6.07, 6.45) is 2.40. The summed E-state index contributed by atoms with van der Waals surface area (Å²) in [7, 11) is 0. The van der Waals surface area contributed by atoms with Crippen LogP contribution in [0, 0.1) is 6.92 Å². The number of nitrogens with zero attached hydrogens (tertiary/aromatic N) is 2. The number of aryl methyl sites for hydroxylation is 1. The van der Waals surface area contributed by atoms with Gasteiger partial charge < -0.3 is 10.4 Å². The van der Waals surface area contributed by atoms with Gasteiger partial charge in [0.1, 0.15) is 12.1 Å². The average Bonchev–Trinajstić information content (AvgIpc) is 2.36. The van der Waals surface area contributed by atoms with Gasteiger partial charge in [0.25, 0.3) is 0 Å². The van der Waals surface area contributed by atoms with Crippen molar-refractivity contribution in [2.24, 2.45) is 0 Å². The molecule has 4 heteroatoms. The van der Waals surface area contributed by atoms with Crippen molar-refractivity contribution in [1.29, 1.82) is 0 Å². The van der Waals surface area contributed by atoms with Crippen LogP contribution in [0.3, 0.4) is 0 Å². The van der Waals surface area contributed by atoms with Crippen molar-refractivity contribution in [1.82, 2.24) is 9.97 Å². The van der Waals surface area contributed by atoms with Crippen LogP contribution in [0.4, 0.5) is 5.82 Å². The summed E-state index contributed by atoms with van der Waals surface area (Å²) in [6.45, 7) is 4.18. The number of hydrogen-bond donors (Lipinski definition) is 2. The lowest BCUT2D eigenvalue weighted by Gasteiger charge is -2.16. The Hall–Kier alpha value is -1.68. The predicted molar refractivity (Wildman–Crippen MR) is 69.1 cm³/mol. The number of rotatable bonds is 4. The molecule has 0 spiro atoms. The highest BCUT2D eigenvalue weighted by Crippen LogP contribution is 2.23. The van der Waals surface area contributed by atoms with E-state index in [9.17, 15) is 5.11 Å². The van der Waals surface area contributed by atoms with Gasteiger partial charge in [-0.1, -0.05) is 19.1 Å². The molecule has 0 bridgehead atoms. The number of aliphatic hydroxyl groups is 1. The molecule has 0 fully saturated rings. The third-order valence-electron chi connectivity index (χ3n) is 2.93. The van der Waals surface area contributed by atoms with E-state index in [1.54, 1.807) is 6.33 Å². The maximum Gasteiger partial charge on any atom is 0.137 e. The van der Waals surface area contributed by atoms with Gasteiger partial charge in [-0.25, -0.2) is 9.97 Å². The SMILES string of the molecule is CC[C@H](CO)Nc1ncnc2cccc(C)c12. The average molecular weight is 231 g/mol. The molecule has 0 amide bonds. The molecular formula is C13H17N3O. The van der Waals surface area contributed by atoms with E-state index in [1.807, 2.05) is 32.0 Å². The number of fused-ring (bicyclic) bond motifs is 1. The molecule has 0 aliphatic heterocycles. The molecule has 0 aliphatic rings. The predicted octanol–water partition coefficient (Wildman–Crippen LogP) is 2.12. The second kappa shape index (κ2) is 5.10. The first-order valence-electron chi connectivity index (χ1n) is 5.84. The topological polar surface area (TPSA) is 58.0 Å². The second-order valence-corrected chi connectivity index (χ2v) is 4.12. The Bertz CT molecular complexity index is 504. The number of anilines is 1. The Labute approximate surface area is 101 Å². The second-order valence-electron chi connectivity index (χ2n) is 4.12. The summed E-state index contributed by atoms with van der Waals surface area (Å²) in [4.78, 5) is 8.52. The van der Waals surface area contributed by atoms with E-state index in [4.69, 9.17) is 0 Å². The Kier molecular flexibility index (Phi) is 3.54. The lowest BCUT2D eigenvalue weighted by atomic mass is 10.1. The number of aromatic nitrogens is 2. The van der Waals surface area contributed by atoms with Gasteiger partial charge in [-0.2, -0.15) is 0 Å². The first-order chi connectivity index (χ1) is 8.26. The van der Waals surface area contributed by atoms with Crippen LogP contribution in [0.1, 0.15) is 18.9 Å². The summed E-state index contributed by atoms with van der Waals surface area (Å²) in [5.74, 6) is 0.800. The van der Waals surface area contributed by atoms with Crippen LogP contribution in [-0.4, -0.2) is 27.7 Å². The molecular weight excluding hydrogens is 214 g/mol. The van der Waals surface area contributed by atoms with Gasteiger partial charge in [-0.05, 0) is 25.0 Å². The molecule has 90 valence electrons. The van der Waals surface area contributed by atoms with Crippen molar-refractivity contribution in [2.75, 3.05) is 11.9 Å². The van der Waals surface area contributed by atoms with Crippen LogP contribution in [0.5, 0.6) is 0 Å². The molecule has 1 aromatic carbocycles. The summed E-state index contributed by atoms with van der Waals surface area (Å²) in [5.41, 5.74) is 2.06. The normalized spacial score (nSPS) is 12.6. The van der Waals surface area contributed by atoms with Crippen LogP contribution >= 0.6 is 0 Å². The van der Waals surface area contributed by atoms with Crippen molar-refractivity contribution in [3.05, 3.63) is 30.1 Å². The van der Waals surface area contributed by atoms with E-state index in [1.165, 1.54) is 0 Å². The van der Waals surface area contributed by atoms with Gasteiger partial charge in [-0.3, -0.25) is 0 Å². The third kappa shape index (κ3) is 2.36. The van der Waals surface area contributed by atoms with Crippen molar-refractivity contribution in [2.45, 2.75) is 26.3 Å². The fourth-order valence-corrected chi connectivity index (χ4v) is 1.86. The molecule has 1 atom stereocenters. The van der Waals surface area contributed by atoms with E-state index in [2.05, 4.69) is 15.3 Å². The van der Waals surface area contributed by atoms with Gasteiger partial charge >= 0.3 is 0 Å². The highest BCUT2D eigenvalue weighted by Gasteiger charge is 2.10. The van der Waals surface area contributed by atoms with E-state index in [0.717, 1.165) is 28.7 Å². The van der Waals surface area contributed by atoms with Crippen molar-refractivity contribution < 1.29 is 5.11 Å². The summed E-state index contributed by atoms with van der Waals surface area (Å²) >= 11 is 0. The van der Waals surface area contributed by atoms with E-state index in [0.29, 0.717) is 0 Å². The zero-order chi connectivity index (χ0) is 12.3. The largest absolute Gasteiger partial charge is 0.394 e. The fraction of sp³-hybridized carbons (Fsp3) is 0.385. The van der Waals surface area contributed by atoms with Crippen LogP contribution in [-0.2, 0) is 0 Å². The first kappa shape index (κ1) is 11.8. The Morgan fingerprint density at radius 1 is 1.35 bits per heavy atom. The molecule has 17 heavy (non-hydrogen) atoms. The molecule has 4 nitrogen and oxygen atoms in total. The number of hydrogen-bond acceptors (Lipinski definition) is 4. The summed E-state index contributed by atoms with van der Waals surface area (Å²) < 4.78 is 0. The van der Waals surface area contributed by atoms with E-state index >= 15 is 0 Å². The minimum Gasteiger partial charge on any atom is -0.394 e. The van der Waals surface area contributed by atoms with Crippen molar-refractivity contribution in [3.63, 3.8) is 0 Å². The zero-order valence-corrected chi connectivity index (χ0v) is 10.1. The molecule has 1 heterocycles. The maximum absolute atomic E-state index is 9.22. The molecule has 0 saturated heterocycles. The van der Waals surface area contributed by atoms with Gasteiger partial charge in [0.05, 0.1) is 18.2 Å². The van der Waals surface area contributed by atoms with Crippen LogP contribution in [0.25, 0.3) is 10.9 Å². The standard InChI is InChI=1S/C13H17N3O/c1-3-10(7-17)16-13-12-9(2)5-4-6-11(12)14-8-15-13/h4-6,8,10,17H,3,7H2,1-2H3,(H,14,15,16)/t10-/m1/s1. The minimum absolute atomic E-state index is 0.0349. The highest BCUT2D eigenvalue weighted by molar-refractivity contribution is 5.91. The molecule has 1 aromatic heterocycles. The minimum atomic E-state index is 0.0349. The van der Waals surface area contributed by atoms with Crippen LogP contribution in [0.2, 0.25) is 0 Å². The highest BCUT2D eigenvalue weighted by atomic mass is 16.3. The van der Waals surface area contributed by atoms with Gasteiger partial charge in [0.2, 0.25) is 0 Å². The lowest BCUT2D eigenvalue weighted by molar-refractivity contribution is 0.271. The van der Waals surface area contributed by atoms with Crippen LogP contribution < -0.4 is 5.32 Å². The monoisotopic (exact) mass is 231 g/mol. The molecule has 2 N–H and O–H groups in total. The molecule has 2 rings (SSSR count). The van der Waals surface area contributed by atoms with E-state index < -0.39 is 0 Å². The number of benzene rings is 1. The fourth-order valence-electron chi connectivity index (χ4n) is 1.86. The van der Waals surface area contributed by atoms with Crippen molar-refractivity contribution >= 4 is 16.7 Å². The lowest BCUT2D eigenvalue weighted by Crippen LogP contribution is -2.23. The third-order valence-corrected chi connectivity index (χ3v) is 2.93. The smallest absolute Gasteiger partial charge is 0.137 e. The van der Waals surface area contributed by atoms with Gasteiger partial charge in [0, 0.05) is 5.39 Å². The molecule has 0 aliphatic carbocycles. The summed E-state index contributed by atoms with van der Waals surface area (Å²) in [5, 5.41) is 13.5. The molecule has 0 unspecified atom stereocenters. The van der Waals surface area contributed by atoms with Gasteiger partial charge in [-0.15, -0.1) is 0 Å². The van der Waals surface area contributed by atoms with Gasteiger partial charge in [0.15, 0.2) is 0 Å². The Balaban J connectivity index is 2.46. The maximum atomic E-state index is 9.22. The Morgan fingerprint density at radius 2 is 2.18 bits per heavy atom. The van der Waals surface area contributed by atoms with Crippen LogP contribution in [0.15, 0.2) is 24.5 Å². The number of aliphatic hydroxyl groups excluding tert-OH is 1. The molecule has 0 saturated carbocycles. The zero-order valence-electron chi connectivity index (χ0n) is 10.1.